The van der Waals surface area contributed by atoms with Gasteiger partial charge in [0.1, 0.15) is 74.9 Å². The fourth-order valence-corrected chi connectivity index (χ4v) is 9.85. The smallest absolute Gasteiger partial charge is 0.330 e. The SMILES string of the molecule is O=C(O)CC(=O)OC[C@@H]1O[C@H](OC2CC(O)CC3[OH+]C(C4CCC(O)CC4)C(O[C@H]4O[C@@H](COC(=O)C=CC5CCC(O)C(O)C5)[C@H](O)[C@H](O)[C@@H]4O)CC23)[C@@H](O)[C@H](O)[C@H]1OC(=O)CC(=O)O. The Bertz CT molecular complexity index is 1690. The van der Waals surface area contributed by atoms with Crippen LogP contribution in [-0.4, -0.2) is 214 Å². The van der Waals surface area contributed by atoms with E-state index in [0.717, 1.165) is 6.08 Å². The zero-order chi connectivity index (χ0) is 48.0. The van der Waals surface area contributed by atoms with E-state index in [-0.39, 0.29) is 37.5 Å². The minimum Gasteiger partial charge on any atom is -0.481 e. The molecule has 6 rings (SSSR count). The summed E-state index contributed by atoms with van der Waals surface area (Å²) in [4.78, 5) is 59.3. The number of hydrogen-bond acceptors (Lipinski definition) is 21. The second-order valence-corrected chi connectivity index (χ2v) is 18.2. The Morgan fingerprint density at radius 2 is 1.21 bits per heavy atom. The number of aliphatic carboxylic acids is 2. The summed E-state index contributed by atoms with van der Waals surface area (Å²) < 4.78 is 45.0. The van der Waals surface area contributed by atoms with Crippen molar-refractivity contribution in [3.63, 3.8) is 0 Å². The lowest BCUT2D eigenvalue weighted by molar-refractivity contribution is -0.366. The number of aliphatic hydroxyl groups is 11. The minimum absolute atomic E-state index is 0.0692. The summed E-state index contributed by atoms with van der Waals surface area (Å²) >= 11 is 0. The van der Waals surface area contributed by atoms with Crippen molar-refractivity contribution in [1.29, 1.82) is 0 Å². The van der Waals surface area contributed by atoms with E-state index < -0.39 is 172 Å². The molecule has 0 aromatic heterocycles. The summed E-state index contributed by atoms with van der Waals surface area (Å²) in [6.07, 6.45) is -20.2. The molecule has 0 spiro atoms. The van der Waals surface area contributed by atoms with Crippen LogP contribution >= 0.6 is 0 Å². The van der Waals surface area contributed by atoms with Crippen LogP contribution in [0.3, 0.4) is 0 Å². The largest absolute Gasteiger partial charge is 0.481 e. The molecule has 3 aliphatic carbocycles. The lowest BCUT2D eigenvalue weighted by Gasteiger charge is -2.50. The highest BCUT2D eigenvalue weighted by Crippen LogP contribution is 2.44. The third-order valence-corrected chi connectivity index (χ3v) is 13.4. The van der Waals surface area contributed by atoms with Crippen molar-refractivity contribution in [1.82, 2.24) is 0 Å². The normalized spacial score (nSPS) is 43.0. The monoisotopic (exact) mass is 951 g/mol. The number of carbonyl (C=O) groups excluding carboxylic acids is 3. The van der Waals surface area contributed by atoms with Crippen molar-refractivity contribution >= 4 is 29.8 Å². The number of carbonyl (C=O) groups is 5. The molecule has 24 nitrogen and oxygen atoms in total. The van der Waals surface area contributed by atoms with Crippen LogP contribution in [0.5, 0.6) is 0 Å². The molecule has 0 radical (unpaired) electrons. The van der Waals surface area contributed by atoms with E-state index in [1.807, 2.05) is 0 Å². The zero-order valence-electron chi connectivity index (χ0n) is 35.9. The highest BCUT2D eigenvalue weighted by molar-refractivity contribution is 5.90. The van der Waals surface area contributed by atoms with Crippen molar-refractivity contribution < 1.29 is 118 Å². The molecular formula is C42H63O24+. The van der Waals surface area contributed by atoms with Gasteiger partial charge in [-0.2, -0.15) is 0 Å². The van der Waals surface area contributed by atoms with E-state index >= 15 is 0 Å². The number of carboxylic acid groups (broad SMARTS) is 2. The average Bonchev–Trinajstić information content (AvgIpc) is 3.25. The molecule has 0 bridgehead atoms. The van der Waals surface area contributed by atoms with E-state index in [1.165, 1.54) is 0 Å². The fourth-order valence-electron chi connectivity index (χ4n) is 9.85. The number of esters is 3. The second kappa shape index (κ2) is 23.2. The van der Waals surface area contributed by atoms with Crippen LogP contribution in [0.15, 0.2) is 12.2 Å². The maximum Gasteiger partial charge on any atom is 0.330 e. The fraction of sp³-hybridized carbons (Fsp3) is 0.833. The summed E-state index contributed by atoms with van der Waals surface area (Å²) in [5, 5.41) is 115. The first-order valence-electron chi connectivity index (χ1n) is 22.4. The lowest BCUT2D eigenvalue weighted by Crippen LogP contribution is -2.64. The maximum absolute atomic E-state index is 12.7. The van der Waals surface area contributed by atoms with Gasteiger partial charge in [-0.1, -0.05) is 6.08 Å². The Balaban J connectivity index is 1.17. The van der Waals surface area contributed by atoms with Crippen LogP contribution in [0, 0.1) is 17.8 Å². The quantitative estimate of drug-likeness (QED) is 0.0231. The molecule has 3 heterocycles. The summed E-state index contributed by atoms with van der Waals surface area (Å²) in [5.41, 5.74) is 0. The minimum atomic E-state index is -2.02. The van der Waals surface area contributed by atoms with Crippen LogP contribution in [0.4, 0.5) is 0 Å². The highest BCUT2D eigenvalue weighted by Gasteiger charge is 2.57. The van der Waals surface area contributed by atoms with Crippen LogP contribution < -0.4 is 0 Å². The second-order valence-electron chi connectivity index (χ2n) is 18.2. The molecular weight excluding hydrogens is 888 g/mol. The van der Waals surface area contributed by atoms with Crippen molar-refractivity contribution in [2.75, 3.05) is 13.2 Å². The molecule has 6 aliphatic rings. The van der Waals surface area contributed by atoms with Gasteiger partial charge < -0.3 is 94.1 Å². The zero-order valence-corrected chi connectivity index (χ0v) is 35.9. The molecule has 3 saturated carbocycles. The molecule has 0 aromatic carbocycles. The first-order chi connectivity index (χ1) is 31.3. The highest BCUT2D eigenvalue weighted by atomic mass is 16.7. The predicted octanol–water partition coefficient (Wildman–Crippen LogP) is -3.97. The Labute approximate surface area is 377 Å². The lowest BCUT2D eigenvalue weighted by atomic mass is 9.73. The van der Waals surface area contributed by atoms with Crippen molar-refractivity contribution in [2.24, 2.45) is 17.8 Å². The molecule has 3 saturated heterocycles. The molecule has 0 amide bonds. The van der Waals surface area contributed by atoms with Gasteiger partial charge in [-0.05, 0) is 57.3 Å². The molecule has 0 aromatic rings. The number of carboxylic acids is 2. The predicted molar refractivity (Wildman–Crippen MR) is 213 cm³/mol. The number of ether oxygens (including phenoxy) is 8. The summed E-state index contributed by atoms with van der Waals surface area (Å²) in [5.74, 6) is -7.47. The Morgan fingerprint density at radius 1 is 0.591 bits per heavy atom. The van der Waals surface area contributed by atoms with Crippen molar-refractivity contribution in [2.45, 2.75) is 187 Å². The first-order valence-corrected chi connectivity index (χ1v) is 22.4. The van der Waals surface area contributed by atoms with Gasteiger partial charge in [0.25, 0.3) is 0 Å². The van der Waals surface area contributed by atoms with Crippen LogP contribution in [0.1, 0.15) is 77.0 Å². The molecule has 24 heteroatoms. The van der Waals surface area contributed by atoms with Gasteiger partial charge in [-0.3, -0.25) is 19.2 Å². The van der Waals surface area contributed by atoms with E-state index in [9.17, 15) is 69.9 Å². The van der Waals surface area contributed by atoms with E-state index in [4.69, 9.17) is 48.1 Å². The first kappa shape index (κ1) is 51.9. The molecule has 6 fully saturated rings. The standard InChI is InChI=1S/C42H62O24/c43-19-5-3-18(4-6-19)39-26(63-41-37(57)35(55)34(54)27(64-41)15-59-31(51)8-2-17-1-7-22(45)23(46)9-17)12-21-24(61-39)10-20(44)11-25(21)62-42-38(58)36(56)40(66-33(53)14-30(49)50)28(65-42)16-60-32(52)13-29(47)48/h2,8,17-28,34-46,54-58H,1,3-7,9-16H2,(H,47,48)(H,49,50)/p+1/t17?,18?,19?,20?,21?,22?,23?,24?,25?,26?,27-,28-,34-,35-,36-,37-,38-,39?,40-,41-,42-/m0/s1. The Hall–Kier alpha value is -3.47. The van der Waals surface area contributed by atoms with E-state index in [1.54, 1.807) is 6.08 Å². The Morgan fingerprint density at radius 3 is 1.88 bits per heavy atom. The van der Waals surface area contributed by atoms with Crippen LogP contribution in [-0.2, 0) is 57.1 Å². The van der Waals surface area contributed by atoms with Gasteiger partial charge in [-0.25, -0.2) is 4.79 Å². The third kappa shape index (κ3) is 13.4. The van der Waals surface area contributed by atoms with Gasteiger partial charge in [0, 0.05) is 24.8 Å². The van der Waals surface area contributed by atoms with E-state index in [2.05, 4.69) is 0 Å². The number of hydrogen-bond donors (Lipinski definition) is 11. The molecule has 9 unspecified atom stereocenters. The maximum atomic E-state index is 12.7. The van der Waals surface area contributed by atoms with Gasteiger partial charge in [0.05, 0.1) is 36.4 Å². The number of fused-ring (bicyclic) bond motifs is 1. The van der Waals surface area contributed by atoms with Gasteiger partial charge in [-0.15, -0.1) is 0 Å². The number of allylic oxidation sites excluding steroid dienone is 1. The molecule has 66 heavy (non-hydrogen) atoms. The van der Waals surface area contributed by atoms with Gasteiger partial charge in [0.15, 0.2) is 30.9 Å². The molecule has 12 N–H and O–H groups in total. The summed E-state index contributed by atoms with van der Waals surface area (Å²) in [6, 6.07) is 0. The van der Waals surface area contributed by atoms with Gasteiger partial charge in [0.2, 0.25) is 0 Å². The number of aliphatic hydroxyl groups excluding tert-OH is 9. The summed E-state index contributed by atoms with van der Waals surface area (Å²) in [7, 11) is 0. The van der Waals surface area contributed by atoms with Crippen molar-refractivity contribution in [3.05, 3.63) is 12.2 Å². The summed E-state index contributed by atoms with van der Waals surface area (Å²) in [6.45, 7) is -1.39. The Kier molecular flexibility index (Phi) is 18.3. The van der Waals surface area contributed by atoms with E-state index in [0.29, 0.717) is 38.5 Å². The van der Waals surface area contributed by atoms with Gasteiger partial charge >= 0.3 is 29.8 Å². The molecule has 3 aliphatic heterocycles. The topological polar surface area (TPSA) is 385 Å². The molecule has 374 valence electrons. The van der Waals surface area contributed by atoms with Crippen LogP contribution in [0.25, 0.3) is 0 Å². The average molecular weight is 952 g/mol. The third-order valence-electron chi connectivity index (χ3n) is 13.4. The molecule has 19 atom stereocenters. The number of rotatable bonds is 16. The van der Waals surface area contributed by atoms with Crippen LogP contribution in [0.2, 0.25) is 0 Å². The van der Waals surface area contributed by atoms with Crippen molar-refractivity contribution in [3.8, 4) is 0 Å².